The van der Waals surface area contributed by atoms with Gasteiger partial charge in [0.1, 0.15) is 5.69 Å². The molecule has 0 aliphatic heterocycles. The van der Waals surface area contributed by atoms with Gasteiger partial charge < -0.3 is 9.72 Å². The molecule has 0 aromatic carbocycles. The van der Waals surface area contributed by atoms with Crippen molar-refractivity contribution in [3.8, 4) is 0 Å². The standard InChI is InChI=1S/C9H12N2O3/c1-3-14-8(12)4-7-9(13)11-6(2)5-10-7/h5H,3-4H2,1-2H3,(H,11,13). The van der Waals surface area contributed by atoms with Crippen molar-refractivity contribution in [3.63, 3.8) is 0 Å². The molecule has 76 valence electrons. The Kier molecular flexibility index (Phi) is 3.39. The van der Waals surface area contributed by atoms with E-state index in [1.54, 1.807) is 13.8 Å². The lowest BCUT2D eigenvalue weighted by Crippen LogP contribution is -2.20. The van der Waals surface area contributed by atoms with Gasteiger partial charge in [-0.05, 0) is 13.8 Å². The highest BCUT2D eigenvalue weighted by atomic mass is 16.5. The molecule has 0 saturated carbocycles. The third-order valence-electron chi connectivity index (χ3n) is 1.60. The number of aryl methyl sites for hydroxylation is 1. The zero-order valence-electron chi connectivity index (χ0n) is 8.16. The first-order valence-electron chi connectivity index (χ1n) is 4.34. The number of aromatic nitrogens is 2. The van der Waals surface area contributed by atoms with E-state index in [-0.39, 0.29) is 17.7 Å². The number of carbonyl (C=O) groups is 1. The minimum absolute atomic E-state index is 0.0799. The highest BCUT2D eigenvalue weighted by Gasteiger charge is 2.08. The first-order chi connectivity index (χ1) is 6.63. The predicted molar refractivity (Wildman–Crippen MR) is 49.9 cm³/mol. The molecule has 0 saturated heterocycles. The Labute approximate surface area is 81.1 Å². The van der Waals surface area contributed by atoms with E-state index >= 15 is 0 Å². The maximum Gasteiger partial charge on any atom is 0.312 e. The molecule has 1 aromatic heterocycles. The molecule has 1 aromatic rings. The fourth-order valence-electron chi connectivity index (χ4n) is 0.992. The number of hydrogen-bond donors (Lipinski definition) is 1. The quantitative estimate of drug-likeness (QED) is 0.700. The molecule has 5 nitrogen and oxygen atoms in total. The minimum Gasteiger partial charge on any atom is -0.466 e. The molecule has 1 rings (SSSR count). The molecule has 0 amide bonds. The molecule has 0 bridgehead atoms. The summed E-state index contributed by atoms with van der Waals surface area (Å²) < 4.78 is 4.70. The third-order valence-corrected chi connectivity index (χ3v) is 1.60. The number of ether oxygens (including phenoxy) is 1. The second-order valence-electron chi connectivity index (χ2n) is 2.82. The van der Waals surface area contributed by atoms with Gasteiger partial charge in [-0.15, -0.1) is 0 Å². The van der Waals surface area contributed by atoms with Crippen LogP contribution in [0.1, 0.15) is 18.3 Å². The highest BCUT2D eigenvalue weighted by molar-refractivity contribution is 5.71. The summed E-state index contributed by atoms with van der Waals surface area (Å²) >= 11 is 0. The molecule has 0 unspecified atom stereocenters. The Morgan fingerprint density at radius 3 is 2.93 bits per heavy atom. The second-order valence-corrected chi connectivity index (χ2v) is 2.82. The number of H-pyrrole nitrogens is 1. The summed E-state index contributed by atoms with van der Waals surface area (Å²) in [5.41, 5.74) is 0.523. The van der Waals surface area contributed by atoms with Gasteiger partial charge in [0.05, 0.1) is 13.0 Å². The Morgan fingerprint density at radius 1 is 1.64 bits per heavy atom. The smallest absolute Gasteiger partial charge is 0.312 e. The van der Waals surface area contributed by atoms with E-state index in [0.29, 0.717) is 12.3 Å². The van der Waals surface area contributed by atoms with Crippen molar-refractivity contribution in [2.45, 2.75) is 20.3 Å². The van der Waals surface area contributed by atoms with Gasteiger partial charge in [-0.1, -0.05) is 0 Å². The second kappa shape index (κ2) is 4.55. The van der Waals surface area contributed by atoms with Gasteiger partial charge in [-0.25, -0.2) is 0 Å². The molecular weight excluding hydrogens is 184 g/mol. The Morgan fingerprint density at radius 2 is 2.36 bits per heavy atom. The molecule has 1 heterocycles. The van der Waals surface area contributed by atoms with Crippen molar-refractivity contribution in [3.05, 3.63) is 27.9 Å². The van der Waals surface area contributed by atoms with Crippen LogP contribution in [0.15, 0.2) is 11.0 Å². The van der Waals surface area contributed by atoms with Crippen LogP contribution in [0.5, 0.6) is 0 Å². The Hall–Kier alpha value is -1.65. The maximum atomic E-state index is 11.3. The first kappa shape index (κ1) is 10.4. The van der Waals surface area contributed by atoms with Gasteiger partial charge >= 0.3 is 5.97 Å². The molecule has 14 heavy (non-hydrogen) atoms. The molecule has 5 heteroatoms. The molecule has 1 N–H and O–H groups in total. The maximum absolute atomic E-state index is 11.3. The molecular formula is C9H12N2O3. The third kappa shape index (κ3) is 2.69. The fraction of sp³-hybridized carbons (Fsp3) is 0.444. The fourth-order valence-corrected chi connectivity index (χ4v) is 0.992. The van der Waals surface area contributed by atoms with Crippen LogP contribution < -0.4 is 5.56 Å². The van der Waals surface area contributed by atoms with E-state index in [1.165, 1.54) is 6.20 Å². The van der Waals surface area contributed by atoms with Crippen LogP contribution >= 0.6 is 0 Å². The lowest BCUT2D eigenvalue weighted by molar-refractivity contribution is -0.142. The number of esters is 1. The minimum atomic E-state index is -0.436. The molecule has 0 aliphatic carbocycles. The van der Waals surface area contributed by atoms with Crippen LogP contribution in [-0.4, -0.2) is 22.5 Å². The van der Waals surface area contributed by atoms with E-state index in [0.717, 1.165) is 0 Å². The number of hydrogen-bond acceptors (Lipinski definition) is 4. The first-order valence-corrected chi connectivity index (χ1v) is 4.34. The van der Waals surface area contributed by atoms with E-state index < -0.39 is 5.97 Å². The van der Waals surface area contributed by atoms with Crippen molar-refractivity contribution < 1.29 is 9.53 Å². The van der Waals surface area contributed by atoms with E-state index in [9.17, 15) is 9.59 Å². The average molecular weight is 196 g/mol. The van der Waals surface area contributed by atoms with E-state index in [1.807, 2.05) is 0 Å². The van der Waals surface area contributed by atoms with Gasteiger partial charge in [0.2, 0.25) is 0 Å². The average Bonchev–Trinajstić information content (AvgIpc) is 2.10. The summed E-state index contributed by atoms with van der Waals surface area (Å²) in [6.45, 7) is 3.75. The summed E-state index contributed by atoms with van der Waals surface area (Å²) in [4.78, 5) is 28.7. The van der Waals surface area contributed by atoms with Gasteiger partial charge in [-0.3, -0.25) is 14.6 Å². The summed E-state index contributed by atoms with van der Waals surface area (Å²) in [7, 11) is 0. The lowest BCUT2D eigenvalue weighted by Gasteiger charge is -2.00. The van der Waals surface area contributed by atoms with Crippen LogP contribution in [0.25, 0.3) is 0 Å². The monoisotopic (exact) mass is 196 g/mol. The zero-order valence-corrected chi connectivity index (χ0v) is 8.16. The number of aromatic amines is 1. The summed E-state index contributed by atoms with van der Waals surface area (Å²) in [6, 6.07) is 0. The number of nitrogens with zero attached hydrogens (tertiary/aromatic N) is 1. The molecule has 0 fully saturated rings. The molecule has 0 atom stereocenters. The van der Waals surface area contributed by atoms with Crippen LogP contribution in [0, 0.1) is 6.92 Å². The SMILES string of the molecule is CCOC(=O)Cc1ncc(C)[nH]c1=O. The van der Waals surface area contributed by atoms with Gasteiger partial charge in [0.25, 0.3) is 5.56 Å². The van der Waals surface area contributed by atoms with Crippen molar-refractivity contribution >= 4 is 5.97 Å². The van der Waals surface area contributed by atoms with Crippen LogP contribution in [0.4, 0.5) is 0 Å². The van der Waals surface area contributed by atoms with Gasteiger partial charge in [0.15, 0.2) is 0 Å². The summed E-state index contributed by atoms with van der Waals surface area (Å²) in [5, 5.41) is 0. The number of carbonyl (C=O) groups excluding carboxylic acids is 1. The van der Waals surface area contributed by atoms with E-state index in [2.05, 4.69) is 9.97 Å². The van der Waals surface area contributed by atoms with E-state index in [4.69, 9.17) is 4.74 Å². The lowest BCUT2D eigenvalue weighted by atomic mass is 10.3. The van der Waals surface area contributed by atoms with Gasteiger partial charge in [-0.2, -0.15) is 0 Å². The number of rotatable bonds is 3. The van der Waals surface area contributed by atoms with Crippen LogP contribution in [0.2, 0.25) is 0 Å². The van der Waals surface area contributed by atoms with Crippen LogP contribution in [0.3, 0.4) is 0 Å². The van der Waals surface area contributed by atoms with Crippen LogP contribution in [-0.2, 0) is 16.0 Å². The predicted octanol–water partition coefficient (Wildman–Crippen LogP) is 0.184. The van der Waals surface area contributed by atoms with Crippen molar-refractivity contribution in [2.24, 2.45) is 0 Å². The Bertz CT molecular complexity index is 384. The largest absolute Gasteiger partial charge is 0.466 e. The van der Waals surface area contributed by atoms with Gasteiger partial charge in [0, 0.05) is 11.9 Å². The van der Waals surface area contributed by atoms with Crippen molar-refractivity contribution in [2.75, 3.05) is 6.61 Å². The zero-order chi connectivity index (χ0) is 10.6. The molecule has 0 radical (unpaired) electrons. The Balaban J connectivity index is 2.77. The highest BCUT2D eigenvalue weighted by Crippen LogP contribution is 1.91. The molecule has 0 aliphatic rings. The topological polar surface area (TPSA) is 72.0 Å². The normalized spacial score (nSPS) is 9.86. The molecule has 0 spiro atoms. The van der Waals surface area contributed by atoms with Crippen molar-refractivity contribution in [1.82, 2.24) is 9.97 Å². The summed E-state index contributed by atoms with van der Waals surface area (Å²) in [5.74, 6) is -0.436. The van der Waals surface area contributed by atoms with Crippen molar-refractivity contribution in [1.29, 1.82) is 0 Å². The summed E-state index contributed by atoms with van der Waals surface area (Å²) in [6.07, 6.45) is 1.43. The number of nitrogens with one attached hydrogen (secondary N) is 1.